The monoisotopic (exact) mass is 285 g/mol. The van der Waals surface area contributed by atoms with E-state index in [9.17, 15) is 4.79 Å². The van der Waals surface area contributed by atoms with Crippen LogP contribution in [0, 0.1) is 5.92 Å². The van der Waals surface area contributed by atoms with Crippen LogP contribution in [-0.4, -0.2) is 34.0 Å². The van der Waals surface area contributed by atoms with Gasteiger partial charge in [-0.05, 0) is 25.0 Å². The van der Waals surface area contributed by atoms with Gasteiger partial charge in [0.2, 0.25) is 5.91 Å². The molecule has 1 aliphatic heterocycles. The van der Waals surface area contributed by atoms with Crippen LogP contribution < -0.4 is 11.1 Å². The minimum atomic E-state index is -0.629. The van der Waals surface area contributed by atoms with Gasteiger partial charge in [-0.25, -0.2) is 0 Å². The van der Waals surface area contributed by atoms with E-state index in [-0.39, 0.29) is 17.7 Å². The van der Waals surface area contributed by atoms with Crippen molar-refractivity contribution in [2.24, 2.45) is 16.8 Å². The Balaban J connectivity index is 2.10. The first-order valence-corrected chi connectivity index (χ1v) is 8.21. The summed E-state index contributed by atoms with van der Waals surface area (Å²) < 4.78 is 0. The molecule has 0 spiro atoms. The molecule has 2 aliphatic rings. The average molecular weight is 285 g/mol. The summed E-state index contributed by atoms with van der Waals surface area (Å²) in [7, 11) is 0. The minimum Gasteiger partial charge on any atom is -0.409 e. The smallest absolute Gasteiger partial charge is 0.224 e. The van der Waals surface area contributed by atoms with E-state index < -0.39 is 5.54 Å². The maximum atomic E-state index is 12.3. The number of nitrogens with two attached hydrogens (primary N) is 1. The van der Waals surface area contributed by atoms with Crippen molar-refractivity contribution < 1.29 is 10.0 Å². The van der Waals surface area contributed by atoms with Crippen LogP contribution in [0.5, 0.6) is 0 Å². The molecule has 1 heterocycles. The second-order valence-electron chi connectivity index (χ2n) is 5.53. The molecule has 0 aromatic carbocycles. The van der Waals surface area contributed by atoms with E-state index in [2.05, 4.69) is 10.5 Å². The van der Waals surface area contributed by atoms with Crippen LogP contribution in [-0.2, 0) is 4.79 Å². The Morgan fingerprint density at radius 3 is 2.53 bits per heavy atom. The van der Waals surface area contributed by atoms with E-state index >= 15 is 0 Å². The first kappa shape index (κ1) is 14.5. The molecule has 0 aromatic heterocycles. The highest BCUT2D eigenvalue weighted by molar-refractivity contribution is 7.99. The van der Waals surface area contributed by atoms with E-state index in [1.807, 2.05) is 11.8 Å². The van der Waals surface area contributed by atoms with E-state index in [1.165, 1.54) is 0 Å². The molecular formula is C13H23N3O2S. The summed E-state index contributed by atoms with van der Waals surface area (Å²) in [5.41, 5.74) is 5.25. The van der Waals surface area contributed by atoms with Crippen LogP contribution in [0.1, 0.15) is 44.9 Å². The van der Waals surface area contributed by atoms with Gasteiger partial charge in [-0.1, -0.05) is 30.8 Å². The van der Waals surface area contributed by atoms with Gasteiger partial charge in [0.05, 0.1) is 0 Å². The predicted molar refractivity (Wildman–Crippen MR) is 77.4 cm³/mol. The summed E-state index contributed by atoms with van der Waals surface area (Å²) in [6.45, 7) is 0. The molecule has 1 atom stereocenters. The highest BCUT2D eigenvalue weighted by atomic mass is 32.2. The van der Waals surface area contributed by atoms with Gasteiger partial charge in [0.15, 0.2) is 5.84 Å². The van der Waals surface area contributed by atoms with Crippen molar-refractivity contribution in [2.45, 2.75) is 50.5 Å². The molecule has 1 unspecified atom stereocenters. The van der Waals surface area contributed by atoms with Crippen molar-refractivity contribution in [3.05, 3.63) is 0 Å². The van der Waals surface area contributed by atoms with Gasteiger partial charge < -0.3 is 16.3 Å². The molecule has 0 aromatic rings. The number of rotatable bonds is 3. The third kappa shape index (κ3) is 3.35. The van der Waals surface area contributed by atoms with Crippen molar-refractivity contribution in [3.8, 4) is 0 Å². The van der Waals surface area contributed by atoms with Gasteiger partial charge in [-0.3, -0.25) is 4.79 Å². The topological polar surface area (TPSA) is 87.7 Å². The molecule has 1 aliphatic carbocycles. The molecule has 1 saturated carbocycles. The van der Waals surface area contributed by atoms with Gasteiger partial charge >= 0.3 is 0 Å². The molecule has 0 radical (unpaired) electrons. The number of thioether (sulfide) groups is 1. The van der Waals surface area contributed by atoms with Gasteiger partial charge in [-0.2, -0.15) is 11.8 Å². The van der Waals surface area contributed by atoms with Gasteiger partial charge in [-0.15, -0.1) is 0 Å². The van der Waals surface area contributed by atoms with E-state index in [4.69, 9.17) is 10.9 Å². The molecule has 108 valence electrons. The number of carbonyl (C=O) groups is 1. The number of hydrogen-bond donors (Lipinski definition) is 3. The fourth-order valence-corrected chi connectivity index (χ4v) is 4.17. The Hall–Kier alpha value is -0.910. The molecule has 2 fully saturated rings. The highest BCUT2D eigenvalue weighted by Crippen LogP contribution is 2.30. The Morgan fingerprint density at radius 1 is 1.32 bits per heavy atom. The fraction of sp³-hybridized carbons (Fsp3) is 0.846. The number of nitrogens with one attached hydrogen (secondary N) is 1. The largest absolute Gasteiger partial charge is 0.409 e. The zero-order valence-corrected chi connectivity index (χ0v) is 12.0. The van der Waals surface area contributed by atoms with Crippen LogP contribution in [0.3, 0.4) is 0 Å². The summed E-state index contributed by atoms with van der Waals surface area (Å²) in [6, 6.07) is 0. The molecule has 2 rings (SSSR count). The minimum absolute atomic E-state index is 0.0681. The number of carbonyl (C=O) groups excluding carboxylic acids is 1. The van der Waals surface area contributed by atoms with Crippen molar-refractivity contribution in [2.75, 3.05) is 11.5 Å². The lowest BCUT2D eigenvalue weighted by Crippen LogP contribution is -2.58. The second-order valence-corrected chi connectivity index (χ2v) is 6.68. The first-order valence-electron chi connectivity index (χ1n) is 7.06. The lowest BCUT2D eigenvalue weighted by atomic mass is 9.88. The first-order chi connectivity index (χ1) is 9.18. The standard InChI is InChI=1S/C13H23N3O2S/c14-12(16-18)13(6-3-1-2-4-7-13)15-11(17)10-5-8-19-9-10/h10,18H,1-9H2,(H2,14,16)(H,15,17). The summed E-state index contributed by atoms with van der Waals surface area (Å²) in [6.07, 6.45) is 6.79. The second kappa shape index (κ2) is 6.50. The van der Waals surface area contributed by atoms with E-state index in [1.54, 1.807) is 0 Å². The number of nitrogens with zero attached hydrogens (tertiary/aromatic N) is 1. The van der Waals surface area contributed by atoms with Crippen molar-refractivity contribution in [1.29, 1.82) is 0 Å². The molecular weight excluding hydrogens is 262 g/mol. The Labute approximate surface area is 118 Å². The number of hydrogen-bond acceptors (Lipinski definition) is 4. The maximum absolute atomic E-state index is 12.3. The zero-order valence-electron chi connectivity index (χ0n) is 11.2. The van der Waals surface area contributed by atoms with Crippen LogP contribution in [0.25, 0.3) is 0 Å². The highest BCUT2D eigenvalue weighted by Gasteiger charge is 2.39. The molecule has 6 heteroatoms. The summed E-state index contributed by atoms with van der Waals surface area (Å²) in [5, 5.41) is 15.3. The summed E-state index contributed by atoms with van der Waals surface area (Å²) >= 11 is 1.82. The lowest BCUT2D eigenvalue weighted by molar-refractivity contribution is -0.125. The molecule has 0 bridgehead atoms. The van der Waals surface area contributed by atoms with Crippen LogP contribution in [0.2, 0.25) is 0 Å². The molecule has 1 saturated heterocycles. The quantitative estimate of drug-likeness (QED) is 0.242. The average Bonchev–Trinajstić information content (AvgIpc) is 2.86. The Morgan fingerprint density at radius 2 is 2.00 bits per heavy atom. The van der Waals surface area contributed by atoms with Gasteiger partial charge in [0.25, 0.3) is 0 Å². The number of oxime groups is 1. The van der Waals surface area contributed by atoms with Gasteiger partial charge in [0, 0.05) is 11.7 Å². The van der Waals surface area contributed by atoms with Gasteiger partial charge in [0.1, 0.15) is 5.54 Å². The lowest BCUT2D eigenvalue weighted by Gasteiger charge is -2.33. The third-order valence-corrected chi connectivity index (χ3v) is 5.38. The van der Waals surface area contributed by atoms with Crippen molar-refractivity contribution >= 4 is 23.5 Å². The molecule has 1 amide bonds. The third-order valence-electron chi connectivity index (χ3n) is 4.22. The summed E-state index contributed by atoms with van der Waals surface area (Å²) in [4.78, 5) is 12.3. The van der Waals surface area contributed by atoms with Crippen molar-refractivity contribution in [1.82, 2.24) is 5.32 Å². The molecule has 4 N–H and O–H groups in total. The summed E-state index contributed by atoms with van der Waals surface area (Å²) in [5.74, 6) is 2.25. The fourth-order valence-electron chi connectivity index (χ4n) is 2.95. The Kier molecular flexibility index (Phi) is 4.96. The number of amidine groups is 1. The number of amides is 1. The zero-order chi connectivity index (χ0) is 13.7. The van der Waals surface area contributed by atoms with E-state index in [0.717, 1.165) is 56.5 Å². The molecule has 19 heavy (non-hydrogen) atoms. The predicted octanol–water partition coefficient (Wildman–Crippen LogP) is 1.70. The van der Waals surface area contributed by atoms with E-state index in [0.29, 0.717) is 0 Å². The SMILES string of the molecule is NC(=NO)C1(NC(=O)C2CCSC2)CCCCCC1. The Bertz CT molecular complexity index is 346. The molecule has 5 nitrogen and oxygen atoms in total. The maximum Gasteiger partial charge on any atom is 0.224 e. The normalized spacial score (nSPS) is 27.8. The van der Waals surface area contributed by atoms with Crippen LogP contribution in [0.4, 0.5) is 0 Å². The van der Waals surface area contributed by atoms with Crippen molar-refractivity contribution in [3.63, 3.8) is 0 Å². The van der Waals surface area contributed by atoms with Crippen LogP contribution in [0.15, 0.2) is 5.16 Å². The van der Waals surface area contributed by atoms with Crippen LogP contribution >= 0.6 is 11.8 Å².